The second kappa shape index (κ2) is 5.21. The number of benzene rings is 1. The number of nitrogens with two attached hydrogens (primary N) is 1. The topological polar surface area (TPSA) is 70.6 Å². The fourth-order valence-corrected chi connectivity index (χ4v) is 3.15. The molecule has 0 bridgehead atoms. The third-order valence-corrected chi connectivity index (χ3v) is 4.28. The van der Waals surface area contributed by atoms with Gasteiger partial charge in [0.15, 0.2) is 0 Å². The van der Waals surface area contributed by atoms with Gasteiger partial charge in [0.05, 0.1) is 6.04 Å². The summed E-state index contributed by atoms with van der Waals surface area (Å²) in [5, 5.41) is 13.3. The van der Waals surface area contributed by atoms with Crippen LogP contribution in [-0.4, -0.2) is 29.6 Å². The molecule has 3 atom stereocenters. The van der Waals surface area contributed by atoms with Crippen LogP contribution in [0.5, 0.6) is 5.75 Å². The second-order valence-electron chi connectivity index (χ2n) is 5.61. The van der Waals surface area contributed by atoms with Gasteiger partial charge in [0.2, 0.25) is 0 Å². The van der Waals surface area contributed by atoms with Crippen LogP contribution in [0.15, 0.2) is 29.3 Å². The Hall–Kier alpha value is -1.55. The van der Waals surface area contributed by atoms with Crippen molar-refractivity contribution in [1.29, 1.82) is 0 Å². The fourth-order valence-electron chi connectivity index (χ4n) is 3.15. The molecule has 4 N–H and O–H groups in total. The van der Waals surface area contributed by atoms with Gasteiger partial charge >= 0.3 is 0 Å². The van der Waals surface area contributed by atoms with Crippen LogP contribution in [0.3, 0.4) is 0 Å². The van der Waals surface area contributed by atoms with Gasteiger partial charge in [-0.05, 0) is 37.8 Å². The first-order valence-corrected chi connectivity index (χ1v) is 7.06. The lowest BCUT2D eigenvalue weighted by Gasteiger charge is -2.29. The van der Waals surface area contributed by atoms with Crippen molar-refractivity contribution in [1.82, 2.24) is 5.32 Å². The van der Waals surface area contributed by atoms with Gasteiger partial charge in [-0.25, -0.2) is 0 Å². The van der Waals surface area contributed by atoms with Crippen molar-refractivity contribution in [3.8, 4) is 5.75 Å². The lowest BCUT2D eigenvalue weighted by Crippen LogP contribution is -2.41. The van der Waals surface area contributed by atoms with E-state index in [9.17, 15) is 5.11 Å². The molecular formula is C15H21N3O. The Kier molecular flexibility index (Phi) is 3.42. The number of phenolic OH excluding ortho intramolecular Hbond substituents is 1. The number of hydrogen-bond donors (Lipinski definition) is 3. The van der Waals surface area contributed by atoms with Crippen molar-refractivity contribution >= 4 is 5.84 Å². The summed E-state index contributed by atoms with van der Waals surface area (Å²) in [5.41, 5.74) is 6.70. The third kappa shape index (κ3) is 2.59. The van der Waals surface area contributed by atoms with Crippen molar-refractivity contribution < 1.29 is 5.11 Å². The Morgan fingerprint density at radius 3 is 2.95 bits per heavy atom. The molecule has 19 heavy (non-hydrogen) atoms. The van der Waals surface area contributed by atoms with E-state index >= 15 is 0 Å². The molecule has 4 nitrogen and oxygen atoms in total. The molecule has 4 heteroatoms. The van der Waals surface area contributed by atoms with E-state index in [2.05, 4.69) is 5.32 Å². The van der Waals surface area contributed by atoms with Crippen LogP contribution in [0.25, 0.3) is 0 Å². The van der Waals surface area contributed by atoms with Crippen molar-refractivity contribution in [2.75, 3.05) is 6.54 Å². The van der Waals surface area contributed by atoms with Crippen molar-refractivity contribution in [2.24, 2.45) is 16.6 Å². The Morgan fingerprint density at radius 1 is 1.32 bits per heavy atom. The number of amidine groups is 1. The Morgan fingerprint density at radius 2 is 2.16 bits per heavy atom. The Balaban J connectivity index is 1.67. The number of para-hydroxylation sites is 1. The van der Waals surface area contributed by atoms with Crippen LogP contribution in [-0.2, 0) is 6.42 Å². The van der Waals surface area contributed by atoms with Crippen LogP contribution in [0, 0.1) is 5.92 Å². The number of nitrogens with zero attached hydrogens (tertiary/aromatic N) is 1. The molecule has 1 heterocycles. The van der Waals surface area contributed by atoms with Gasteiger partial charge in [0.1, 0.15) is 11.6 Å². The van der Waals surface area contributed by atoms with E-state index in [0.29, 0.717) is 30.2 Å². The Labute approximate surface area is 113 Å². The zero-order valence-corrected chi connectivity index (χ0v) is 11.0. The fraction of sp³-hybridized carbons (Fsp3) is 0.533. The van der Waals surface area contributed by atoms with E-state index in [1.807, 2.05) is 18.2 Å². The van der Waals surface area contributed by atoms with Crippen molar-refractivity contribution in [3.05, 3.63) is 29.8 Å². The molecule has 2 aliphatic rings. The molecule has 1 aliphatic heterocycles. The molecule has 0 saturated heterocycles. The molecule has 0 aromatic heterocycles. The third-order valence-electron chi connectivity index (χ3n) is 4.28. The molecule has 102 valence electrons. The summed E-state index contributed by atoms with van der Waals surface area (Å²) in [6.45, 7) is 0.777. The Bertz CT molecular complexity index is 486. The quantitative estimate of drug-likeness (QED) is 0.769. The SMILES string of the molecule is NCC1CCC2N=C(Cc3ccccc3O)NC2C1. The maximum absolute atomic E-state index is 9.81. The average Bonchev–Trinajstić information content (AvgIpc) is 2.82. The molecule has 1 aromatic carbocycles. The number of nitrogens with one attached hydrogen (secondary N) is 1. The van der Waals surface area contributed by atoms with Gasteiger partial charge < -0.3 is 16.2 Å². The predicted molar refractivity (Wildman–Crippen MR) is 76.4 cm³/mol. The molecule has 0 amide bonds. The first-order chi connectivity index (χ1) is 9.26. The first-order valence-electron chi connectivity index (χ1n) is 7.06. The molecule has 3 unspecified atom stereocenters. The maximum atomic E-state index is 9.81. The number of rotatable bonds is 3. The van der Waals surface area contributed by atoms with Gasteiger partial charge in [0, 0.05) is 18.0 Å². The summed E-state index contributed by atoms with van der Waals surface area (Å²) in [7, 11) is 0. The van der Waals surface area contributed by atoms with Gasteiger partial charge in [-0.15, -0.1) is 0 Å². The van der Waals surface area contributed by atoms with Crippen LogP contribution >= 0.6 is 0 Å². The molecule has 1 aromatic rings. The molecule has 1 saturated carbocycles. The van der Waals surface area contributed by atoms with E-state index in [-0.39, 0.29) is 0 Å². The standard InChI is InChI=1S/C15H21N3O/c16-9-10-5-6-12-13(7-10)18-15(17-12)8-11-3-1-2-4-14(11)19/h1-4,10,12-13,19H,5-9,16H2,(H,17,18). The molecule has 0 spiro atoms. The van der Waals surface area contributed by atoms with Crippen LogP contribution in [0.2, 0.25) is 0 Å². The van der Waals surface area contributed by atoms with E-state index in [0.717, 1.165) is 30.8 Å². The minimum Gasteiger partial charge on any atom is -0.508 e. The van der Waals surface area contributed by atoms with E-state index in [1.54, 1.807) is 6.07 Å². The summed E-state index contributed by atoms with van der Waals surface area (Å²) in [5.74, 6) is 1.99. The predicted octanol–water partition coefficient (Wildman–Crippen LogP) is 1.43. The van der Waals surface area contributed by atoms with Crippen LogP contribution in [0.1, 0.15) is 24.8 Å². The molecule has 0 radical (unpaired) electrons. The lowest BCUT2D eigenvalue weighted by molar-refractivity contribution is 0.294. The van der Waals surface area contributed by atoms with Crippen molar-refractivity contribution in [2.45, 2.75) is 37.8 Å². The summed E-state index contributed by atoms with van der Waals surface area (Å²) < 4.78 is 0. The largest absolute Gasteiger partial charge is 0.508 e. The smallest absolute Gasteiger partial charge is 0.119 e. The summed E-state index contributed by atoms with van der Waals surface area (Å²) in [6.07, 6.45) is 4.12. The minimum absolute atomic E-state index is 0.349. The molecule has 3 rings (SSSR count). The highest BCUT2D eigenvalue weighted by Crippen LogP contribution is 2.29. The highest BCUT2D eigenvalue weighted by molar-refractivity contribution is 5.87. The minimum atomic E-state index is 0.349. The zero-order chi connectivity index (χ0) is 13.2. The normalized spacial score (nSPS) is 29.5. The molecular weight excluding hydrogens is 238 g/mol. The lowest BCUT2D eigenvalue weighted by atomic mass is 9.83. The number of fused-ring (bicyclic) bond motifs is 1. The average molecular weight is 259 g/mol. The summed E-state index contributed by atoms with van der Waals surface area (Å²) in [6, 6.07) is 8.31. The van der Waals surface area contributed by atoms with Crippen LogP contribution < -0.4 is 11.1 Å². The zero-order valence-electron chi connectivity index (χ0n) is 11.0. The number of hydrogen-bond acceptors (Lipinski definition) is 4. The monoisotopic (exact) mass is 259 g/mol. The summed E-state index contributed by atoms with van der Waals surface area (Å²) in [4.78, 5) is 4.77. The van der Waals surface area contributed by atoms with E-state index in [4.69, 9.17) is 10.7 Å². The molecule has 1 aliphatic carbocycles. The second-order valence-corrected chi connectivity index (χ2v) is 5.61. The van der Waals surface area contributed by atoms with Gasteiger partial charge in [-0.3, -0.25) is 4.99 Å². The highest BCUT2D eigenvalue weighted by atomic mass is 16.3. The number of phenols is 1. The van der Waals surface area contributed by atoms with Crippen molar-refractivity contribution in [3.63, 3.8) is 0 Å². The number of aliphatic imine (C=N–C) groups is 1. The highest BCUT2D eigenvalue weighted by Gasteiger charge is 2.34. The van der Waals surface area contributed by atoms with Crippen LogP contribution in [0.4, 0.5) is 0 Å². The van der Waals surface area contributed by atoms with Gasteiger partial charge in [0.25, 0.3) is 0 Å². The van der Waals surface area contributed by atoms with Gasteiger partial charge in [-0.2, -0.15) is 0 Å². The summed E-state index contributed by atoms with van der Waals surface area (Å²) >= 11 is 0. The maximum Gasteiger partial charge on any atom is 0.119 e. The molecule has 1 fully saturated rings. The van der Waals surface area contributed by atoms with E-state index < -0.39 is 0 Å². The first kappa shape index (κ1) is 12.5. The number of aromatic hydroxyl groups is 1. The van der Waals surface area contributed by atoms with Gasteiger partial charge in [-0.1, -0.05) is 18.2 Å². The van der Waals surface area contributed by atoms with E-state index in [1.165, 1.54) is 6.42 Å².